The van der Waals surface area contributed by atoms with Crippen LogP contribution in [0.1, 0.15) is 53.5 Å². The molecule has 2 rings (SSSR count). The zero-order valence-electron chi connectivity index (χ0n) is 15.7. The molecule has 1 aliphatic carbocycles. The number of rotatable bonds is 1. The van der Waals surface area contributed by atoms with Gasteiger partial charge < -0.3 is 0 Å². The summed E-state index contributed by atoms with van der Waals surface area (Å²) in [5.74, 6) is 6.89. The van der Waals surface area contributed by atoms with Crippen LogP contribution in [-0.4, -0.2) is 5.78 Å². The van der Waals surface area contributed by atoms with Crippen LogP contribution in [0.2, 0.25) is 0 Å². The molecule has 0 amide bonds. The average molecular weight is 320 g/mol. The predicted octanol–water partition coefficient (Wildman–Crippen LogP) is 5.57. The van der Waals surface area contributed by atoms with E-state index in [0.717, 1.165) is 23.1 Å². The fraction of sp³-hybridized carbons (Fsp3) is 0.435. The van der Waals surface area contributed by atoms with E-state index in [0.29, 0.717) is 0 Å². The van der Waals surface area contributed by atoms with Crippen molar-refractivity contribution in [2.45, 2.75) is 48.0 Å². The third-order valence-corrected chi connectivity index (χ3v) is 4.21. The van der Waals surface area contributed by atoms with Crippen molar-refractivity contribution in [2.24, 2.45) is 16.7 Å². The summed E-state index contributed by atoms with van der Waals surface area (Å²) >= 11 is 0. The number of ketones is 1. The van der Waals surface area contributed by atoms with Crippen molar-refractivity contribution in [1.82, 2.24) is 0 Å². The summed E-state index contributed by atoms with van der Waals surface area (Å²) in [5.41, 5.74) is 2.58. The van der Waals surface area contributed by atoms with Crippen LogP contribution in [0, 0.1) is 28.6 Å². The first kappa shape index (κ1) is 18.3. The minimum absolute atomic E-state index is 0.146. The van der Waals surface area contributed by atoms with Gasteiger partial charge in [-0.15, -0.1) is 0 Å². The van der Waals surface area contributed by atoms with Crippen LogP contribution >= 0.6 is 0 Å². The Kier molecular flexibility index (Phi) is 5.19. The van der Waals surface area contributed by atoms with Crippen LogP contribution in [-0.2, 0) is 4.79 Å². The molecular formula is C23H28O. The van der Waals surface area contributed by atoms with Crippen LogP contribution in [0.4, 0.5) is 0 Å². The molecule has 0 saturated heterocycles. The van der Waals surface area contributed by atoms with E-state index in [1.54, 1.807) is 0 Å². The molecule has 0 bridgehead atoms. The number of allylic oxidation sites excluding steroid dienone is 4. The largest absolute Gasteiger partial charge is 0.289 e. The molecule has 1 aromatic carbocycles. The average Bonchev–Trinajstić information content (AvgIpc) is 2.47. The zero-order valence-corrected chi connectivity index (χ0v) is 15.7. The van der Waals surface area contributed by atoms with Crippen molar-refractivity contribution >= 4 is 5.78 Å². The van der Waals surface area contributed by atoms with Crippen LogP contribution in [0.5, 0.6) is 0 Å². The molecule has 0 atom stereocenters. The molecule has 0 radical (unpaired) electrons. The van der Waals surface area contributed by atoms with E-state index >= 15 is 0 Å². The third kappa shape index (κ3) is 4.48. The first-order valence-electron chi connectivity index (χ1n) is 8.62. The van der Waals surface area contributed by atoms with Gasteiger partial charge in [-0.2, -0.15) is 0 Å². The molecule has 1 nitrogen and oxygen atoms in total. The van der Waals surface area contributed by atoms with E-state index in [4.69, 9.17) is 0 Å². The summed E-state index contributed by atoms with van der Waals surface area (Å²) in [6, 6.07) is 10.0. The van der Waals surface area contributed by atoms with Gasteiger partial charge in [0, 0.05) is 29.0 Å². The smallest absolute Gasteiger partial charge is 0.185 e. The van der Waals surface area contributed by atoms with Crippen LogP contribution in [0.25, 0.3) is 0 Å². The minimum Gasteiger partial charge on any atom is -0.289 e. The third-order valence-electron chi connectivity index (χ3n) is 4.21. The van der Waals surface area contributed by atoms with E-state index in [1.165, 1.54) is 0 Å². The minimum atomic E-state index is -0.146. The summed E-state index contributed by atoms with van der Waals surface area (Å²) in [5, 5.41) is 0. The second-order valence-electron chi connectivity index (χ2n) is 8.53. The number of hydrogen-bond donors (Lipinski definition) is 0. The maximum atomic E-state index is 12.9. The van der Waals surface area contributed by atoms with Crippen LogP contribution in [0.15, 0.2) is 53.6 Å². The summed E-state index contributed by atoms with van der Waals surface area (Å²) in [6.07, 6.45) is 4.98. The highest BCUT2D eigenvalue weighted by molar-refractivity contribution is 6.10. The Morgan fingerprint density at radius 1 is 0.875 bits per heavy atom. The number of Topliss-reactive ketones (excluding diaryl/α,β-unsaturated/α-hetero) is 1. The second-order valence-corrected chi connectivity index (χ2v) is 8.53. The molecule has 24 heavy (non-hydrogen) atoms. The molecule has 1 heteroatoms. The highest BCUT2D eigenvalue weighted by Gasteiger charge is 2.34. The van der Waals surface area contributed by atoms with Gasteiger partial charge >= 0.3 is 0 Å². The quantitative estimate of drug-likeness (QED) is 0.618. The first-order valence-corrected chi connectivity index (χ1v) is 8.62. The molecule has 0 fully saturated rings. The van der Waals surface area contributed by atoms with E-state index in [1.807, 2.05) is 30.3 Å². The molecule has 0 aromatic heterocycles. The Hall–Kier alpha value is -2.07. The van der Waals surface area contributed by atoms with Gasteiger partial charge in [-0.05, 0) is 23.0 Å². The van der Waals surface area contributed by atoms with Crippen molar-refractivity contribution in [3.63, 3.8) is 0 Å². The Labute approximate surface area is 146 Å². The van der Waals surface area contributed by atoms with Crippen molar-refractivity contribution in [2.75, 3.05) is 0 Å². The lowest BCUT2D eigenvalue weighted by molar-refractivity contribution is -0.114. The normalized spacial score (nSPS) is 16.2. The molecule has 0 aliphatic heterocycles. The van der Waals surface area contributed by atoms with Gasteiger partial charge in [0.1, 0.15) is 0 Å². The molecule has 0 N–H and O–H groups in total. The molecule has 126 valence electrons. The maximum absolute atomic E-state index is 12.9. The van der Waals surface area contributed by atoms with Gasteiger partial charge in [-0.25, -0.2) is 0 Å². The predicted molar refractivity (Wildman–Crippen MR) is 102 cm³/mol. The van der Waals surface area contributed by atoms with Crippen molar-refractivity contribution in [1.29, 1.82) is 0 Å². The number of carbonyl (C=O) groups excluding carboxylic acids is 1. The van der Waals surface area contributed by atoms with Gasteiger partial charge in [0.15, 0.2) is 5.78 Å². The second kappa shape index (κ2) is 6.81. The molecular weight excluding hydrogens is 292 g/mol. The number of carbonyl (C=O) groups is 1. The summed E-state index contributed by atoms with van der Waals surface area (Å²) in [7, 11) is 0. The lowest BCUT2D eigenvalue weighted by Gasteiger charge is -2.32. The summed E-state index contributed by atoms with van der Waals surface area (Å²) < 4.78 is 0. The molecule has 0 spiro atoms. The van der Waals surface area contributed by atoms with E-state index < -0.39 is 0 Å². The fourth-order valence-electron chi connectivity index (χ4n) is 2.86. The van der Waals surface area contributed by atoms with Gasteiger partial charge in [-0.3, -0.25) is 4.79 Å². The lowest BCUT2D eigenvalue weighted by atomic mass is 9.70. The first-order chi connectivity index (χ1) is 11.1. The van der Waals surface area contributed by atoms with Gasteiger partial charge in [0.05, 0.1) is 0 Å². The number of benzene rings is 1. The Morgan fingerprint density at radius 2 is 1.38 bits per heavy atom. The van der Waals surface area contributed by atoms with Gasteiger partial charge in [0.2, 0.25) is 0 Å². The lowest BCUT2D eigenvalue weighted by Crippen LogP contribution is -2.29. The molecule has 0 unspecified atom stereocenters. The maximum Gasteiger partial charge on any atom is 0.185 e. The Bertz CT molecular complexity index is 688. The molecule has 0 heterocycles. The van der Waals surface area contributed by atoms with Crippen molar-refractivity contribution in [3.8, 4) is 11.8 Å². The van der Waals surface area contributed by atoms with Crippen LogP contribution in [0.3, 0.4) is 0 Å². The topological polar surface area (TPSA) is 17.1 Å². The van der Waals surface area contributed by atoms with E-state index in [-0.39, 0.29) is 22.5 Å². The van der Waals surface area contributed by atoms with Crippen molar-refractivity contribution in [3.05, 3.63) is 59.2 Å². The van der Waals surface area contributed by atoms with Crippen LogP contribution < -0.4 is 0 Å². The highest BCUT2D eigenvalue weighted by atomic mass is 16.1. The Balaban J connectivity index is 2.30. The zero-order chi connectivity index (χ0) is 18.0. The molecule has 1 aliphatic rings. The standard InChI is InChI=1S/C23H28O/c1-22(2,3)19-15-18(16-20(21(19)24)23(4,5)6)14-10-13-17-11-8-7-9-12-17/h7-9,11-12,15-16,18H,14H2,1-6H3. The Morgan fingerprint density at radius 3 is 1.83 bits per heavy atom. The monoisotopic (exact) mass is 320 g/mol. The SMILES string of the molecule is CC(C)(C)C1=CC(CC#Cc2ccccc2)C=C(C(C)(C)C)C1=O. The summed E-state index contributed by atoms with van der Waals surface area (Å²) in [6.45, 7) is 12.6. The van der Waals surface area contributed by atoms with Gasteiger partial charge in [0.25, 0.3) is 0 Å². The fourth-order valence-corrected chi connectivity index (χ4v) is 2.86. The van der Waals surface area contributed by atoms with Crippen molar-refractivity contribution < 1.29 is 4.79 Å². The van der Waals surface area contributed by atoms with E-state index in [9.17, 15) is 4.79 Å². The highest BCUT2D eigenvalue weighted by Crippen LogP contribution is 2.39. The summed E-state index contributed by atoms with van der Waals surface area (Å²) in [4.78, 5) is 12.9. The van der Waals surface area contributed by atoms with Gasteiger partial charge in [-0.1, -0.05) is 83.7 Å². The van der Waals surface area contributed by atoms with E-state index in [2.05, 4.69) is 65.5 Å². The number of hydrogen-bond acceptors (Lipinski definition) is 1. The molecule has 0 saturated carbocycles. The molecule has 1 aromatic rings.